The van der Waals surface area contributed by atoms with E-state index in [9.17, 15) is 9.59 Å². The fourth-order valence-corrected chi connectivity index (χ4v) is 3.34. The van der Waals surface area contributed by atoms with E-state index in [2.05, 4.69) is 10.3 Å². The van der Waals surface area contributed by atoms with Crippen molar-refractivity contribution in [3.05, 3.63) is 53.7 Å². The minimum atomic E-state index is -0.664. The van der Waals surface area contributed by atoms with Gasteiger partial charge in [-0.1, -0.05) is 6.07 Å². The maximum absolute atomic E-state index is 12.5. The van der Waals surface area contributed by atoms with E-state index in [0.29, 0.717) is 28.3 Å². The molecule has 4 rings (SSSR count). The Bertz CT molecular complexity index is 1040. The number of hydrogen-bond donors (Lipinski definition) is 2. The van der Waals surface area contributed by atoms with Gasteiger partial charge in [-0.05, 0) is 30.3 Å². The second kappa shape index (κ2) is 6.68. The standard InChI is InChI=1S/C20H18N2O5/c1-25-15-6-4-13-16(27-20(24)18(13)19(15)26-2)10-17(23)22-12-3-5-14-11(9-12)7-8-21-14/h3-9,16,21H,10H2,1-2H3,(H,22,23). The van der Waals surface area contributed by atoms with E-state index in [4.69, 9.17) is 14.2 Å². The number of esters is 1. The minimum Gasteiger partial charge on any atom is -0.493 e. The third-order valence-corrected chi connectivity index (χ3v) is 4.59. The van der Waals surface area contributed by atoms with E-state index in [1.807, 2.05) is 30.5 Å². The number of aromatic amines is 1. The number of hydrogen-bond acceptors (Lipinski definition) is 5. The lowest BCUT2D eigenvalue weighted by Gasteiger charge is -2.12. The van der Waals surface area contributed by atoms with Crippen molar-refractivity contribution in [2.45, 2.75) is 12.5 Å². The van der Waals surface area contributed by atoms with Gasteiger partial charge in [0.25, 0.3) is 0 Å². The highest BCUT2D eigenvalue weighted by Crippen LogP contribution is 2.43. The van der Waals surface area contributed by atoms with Crippen molar-refractivity contribution in [1.29, 1.82) is 0 Å². The predicted octanol–water partition coefficient (Wildman–Crippen LogP) is 3.43. The lowest BCUT2D eigenvalue weighted by Crippen LogP contribution is -2.15. The zero-order valence-electron chi connectivity index (χ0n) is 14.9. The van der Waals surface area contributed by atoms with Gasteiger partial charge in [0.15, 0.2) is 11.5 Å². The van der Waals surface area contributed by atoms with E-state index in [0.717, 1.165) is 10.9 Å². The highest BCUT2D eigenvalue weighted by Gasteiger charge is 2.36. The van der Waals surface area contributed by atoms with Crippen molar-refractivity contribution >= 4 is 28.5 Å². The molecule has 2 heterocycles. The molecule has 2 N–H and O–H groups in total. The fraction of sp³-hybridized carbons (Fsp3) is 0.200. The number of nitrogens with one attached hydrogen (secondary N) is 2. The number of carbonyl (C=O) groups excluding carboxylic acids is 2. The monoisotopic (exact) mass is 366 g/mol. The number of anilines is 1. The Hall–Kier alpha value is -3.48. The Morgan fingerprint density at radius 2 is 2.04 bits per heavy atom. The number of amides is 1. The van der Waals surface area contributed by atoms with E-state index in [-0.39, 0.29) is 12.3 Å². The molecule has 3 aromatic rings. The zero-order valence-corrected chi connectivity index (χ0v) is 14.9. The molecule has 0 saturated heterocycles. The molecule has 2 aromatic carbocycles. The van der Waals surface area contributed by atoms with Crippen molar-refractivity contribution in [3.63, 3.8) is 0 Å². The van der Waals surface area contributed by atoms with Gasteiger partial charge in [0.2, 0.25) is 5.91 Å². The molecule has 0 spiro atoms. The molecular formula is C20H18N2O5. The third kappa shape index (κ3) is 2.97. The summed E-state index contributed by atoms with van der Waals surface area (Å²) in [5.74, 6) is -0.00321. The Labute approximate surface area is 155 Å². The van der Waals surface area contributed by atoms with Crippen LogP contribution in [0.2, 0.25) is 0 Å². The number of ether oxygens (including phenoxy) is 3. The Morgan fingerprint density at radius 1 is 1.19 bits per heavy atom. The normalized spacial score (nSPS) is 15.3. The first-order valence-corrected chi connectivity index (χ1v) is 8.43. The zero-order chi connectivity index (χ0) is 19.0. The molecule has 7 nitrogen and oxygen atoms in total. The van der Waals surface area contributed by atoms with Gasteiger partial charge in [-0.3, -0.25) is 4.79 Å². The molecule has 1 atom stereocenters. The van der Waals surface area contributed by atoms with Crippen molar-refractivity contribution < 1.29 is 23.8 Å². The van der Waals surface area contributed by atoms with Gasteiger partial charge < -0.3 is 24.5 Å². The van der Waals surface area contributed by atoms with Crippen LogP contribution in [0.25, 0.3) is 10.9 Å². The van der Waals surface area contributed by atoms with Crippen LogP contribution in [0, 0.1) is 0 Å². The van der Waals surface area contributed by atoms with Crippen LogP contribution in [0.1, 0.15) is 28.4 Å². The molecule has 27 heavy (non-hydrogen) atoms. The molecule has 1 amide bonds. The number of rotatable bonds is 5. The van der Waals surface area contributed by atoms with Crippen LogP contribution < -0.4 is 14.8 Å². The molecule has 1 aliphatic rings. The second-order valence-corrected chi connectivity index (χ2v) is 6.19. The van der Waals surface area contributed by atoms with Crippen LogP contribution in [0.5, 0.6) is 11.5 Å². The van der Waals surface area contributed by atoms with Gasteiger partial charge in [0.1, 0.15) is 11.7 Å². The summed E-state index contributed by atoms with van der Waals surface area (Å²) in [6.45, 7) is 0. The molecule has 1 unspecified atom stereocenters. The van der Waals surface area contributed by atoms with E-state index in [1.54, 1.807) is 12.1 Å². The van der Waals surface area contributed by atoms with Crippen LogP contribution in [-0.2, 0) is 9.53 Å². The lowest BCUT2D eigenvalue weighted by atomic mass is 10.0. The maximum atomic E-state index is 12.5. The predicted molar refractivity (Wildman–Crippen MR) is 99.2 cm³/mol. The second-order valence-electron chi connectivity index (χ2n) is 6.19. The van der Waals surface area contributed by atoms with E-state index < -0.39 is 12.1 Å². The summed E-state index contributed by atoms with van der Waals surface area (Å²) in [5, 5.41) is 3.85. The Balaban J connectivity index is 1.54. The molecule has 0 saturated carbocycles. The number of methoxy groups -OCH3 is 2. The summed E-state index contributed by atoms with van der Waals surface area (Å²) in [6, 6.07) is 11.0. The smallest absolute Gasteiger partial charge is 0.343 e. The SMILES string of the molecule is COc1ccc2c(c1OC)C(=O)OC2CC(=O)Nc1ccc2[nH]ccc2c1. The number of aromatic nitrogens is 1. The third-order valence-electron chi connectivity index (χ3n) is 4.59. The maximum Gasteiger partial charge on any atom is 0.343 e. The molecular weight excluding hydrogens is 348 g/mol. The quantitative estimate of drug-likeness (QED) is 0.675. The molecule has 0 bridgehead atoms. The van der Waals surface area contributed by atoms with Crippen LogP contribution in [-0.4, -0.2) is 31.1 Å². The van der Waals surface area contributed by atoms with Crippen molar-refractivity contribution in [1.82, 2.24) is 4.98 Å². The fourth-order valence-electron chi connectivity index (χ4n) is 3.34. The highest BCUT2D eigenvalue weighted by molar-refractivity contribution is 6.00. The molecule has 0 radical (unpaired) electrons. The number of cyclic esters (lactones) is 1. The topological polar surface area (TPSA) is 89.7 Å². The van der Waals surface area contributed by atoms with Gasteiger partial charge in [-0.25, -0.2) is 4.79 Å². The Morgan fingerprint density at radius 3 is 2.81 bits per heavy atom. The minimum absolute atomic E-state index is 0.0133. The van der Waals surface area contributed by atoms with Crippen molar-refractivity contribution in [2.24, 2.45) is 0 Å². The molecule has 0 fully saturated rings. The van der Waals surface area contributed by atoms with Crippen LogP contribution >= 0.6 is 0 Å². The van der Waals surface area contributed by atoms with Crippen molar-refractivity contribution in [3.8, 4) is 11.5 Å². The number of benzene rings is 2. The van der Waals surface area contributed by atoms with E-state index >= 15 is 0 Å². The summed E-state index contributed by atoms with van der Waals surface area (Å²) >= 11 is 0. The van der Waals surface area contributed by atoms with Gasteiger partial charge >= 0.3 is 5.97 Å². The number of fused-ring (bicyclic) bond motifs is 2. The molecule has 7 heteroatoms. The number of carbonyl (C=O) groups is 2. The molecule has 1 aromatic heterocycles. The van der Waals surface area contributed by atoms with Crippen LogP contribution in [0.4, 0.5) is 5.69 Å². The molecule has 1 aliphatic heterocycles. The Kier molecular flexibility index (Phi) is 4.19. The van der Waals surface area contributed by atoms with Gasteiger partial charge in [0.05, 0.1) is 20.6 Å². The average Bonchev–Trinajstić information content (AvgIpc) is 3.25. The summed E-state index contributed by atoms with van der Waals surface area (Å²) in [7, 11) is 2.96. The van der Waals surface area contributed by atoms with Crippen LogP contribution in [0.3, 0.4) is 0 Å². The summed E-state index contributed by atoms with van der Waals surface area (Å²) in [6.07, 6.45) is 1.19. The van der Waals surface area contributed by atoms with Crippen LogP contribution in [0.15, 0.2) is 42.6 Å². The summed E-state index contributed by atoms with van der Waals surface area (Å²) < 4.78 is 15.9. The molecule has 138 valence electrons. The first-order chi connectivity index (χ1) is 13.1. The number of H-pyrrole nitrogens is 1. The average molecular weight is 366 g/mol. The van der Waals surface area contributed by atoms with E-state index in [1.165, 1.54) is 14.2 Å². The summed E-state index contributed by atoms with van der Waals surface area (Å²) in [4.78, 5) is 27.9. The first kappa shape index (κ1) is 17.0. The highest BCUT2D eigenvalue weighted by atomic mass is 16.6. The van der Waals surface area contributed by atoms with Gasteiger partial charge in [-0.2, -0.15) is 0 Å². The molecule has 0 aliphatic carbocycles. The lowest BCUT2D eigenvalue weighted by molar-refractivity contribution is -0.118. The first-order valence-electron chi connectivity index (χ1n) is 8.43. The summed E-state index contributed by atoms with van der Waals surface area (Å²) in [5.41, 5.74) is 2.61. The van der Waals surface area contributed by atoms with Gasteiger partial charge in [0, 0.05) is 28.4 Å². The largest absolute Gasteiger partial charge is 0.493 e. The van der Waals surface area contributed by atoms with Crippen molar-refractivity contribution in [2.75, 3.05) is 19.5 Å². The van der Waals surface area contributed by atoms with Gasteiger partial charge in [-0.15, -0.1) is 0 Å².